The second-order valence-electron chi connectivity index (χ2n) is 4.78. The number of benzene rings is 2. The summed E-state index contributed by atoms with van der Waals surface area (Å²) in [6.45, 7) is 4.30. The predicted molar refractivity (Wildman–Crippen MR) is 84.1 cm³/mol. The summed E-state index contributed by atoms with van der Waals surface area (Å²) >= 11 is 0. The fraction of sp³-hybridized carbons (Fsp3) is 0.294. The zero-order valence-corrected chi connectivity index (χ0v) is 12.0. The molecule has 0 spiro atoms. The van der Waals surface area contributed by atoms with Crippen molar-refractivity contribution in [2.75, 3.05) is 17.7 Å². The van der Waals surface area contributed by atoms with Crippen LogP contribution in [0.1, 0.15) is 25.0 Å². The van der Waals surface area contributed by atoms with Gasteiger partial charge in [0.1, 0.15) is 0 Å². The summed E-state index contributed by atoms with van der Waals surface area (Å²) in [4.78, 5) is 2.21. The van der Waals surface area contributed by atoms with Crippen LogP contribution in [0.5, 0.6) is 0 Å². The molecule has 0 aliphatic heterocycles. The molecule has 0 radical (unpaired) electrons. The third kappa shape index (κ3) is 2.73. The van der Waals surface area contributed by atoms with Gasteiger partial charge in [-0.25, -0.2) is 0 Å². The van der Waals surface area contributed by atoms with Crippen LogP contribution in [0.25, 0.3) is 0 Å². The number of hydrogen-bond acceptors (Lipinski definition) is 2. The average molecular weight is 254 g/mol. The van der Waals surface area contributed by atoms with Gasteiger partial charge in [0.25, 0.3) is 0 Å². The number of aryl methyl sites for hydroxylation is 2. The van der Waals surface area contributed by atoms with E-state index in [2.05, 4.69) is 62.2 Å². The lowest BCUT2D eigenvalue weighted by Crippen LogP contribution is -2.11. The number of nitrogen functional groups attached to an aromatic ring is 1. The molecule has 19 heavy (non-hydrogen) atoms. The SMILES string of the molecule is CCc1cc(N(C)c2ccccc2)cc(CC)c1N. The Morgan fingerprint density at radius 3 is 1.89 bits per heavy atom. The van der Waals surface area contributed by atoms with Crippen LogP contribution >= 0.6 is 0 Å². The summed E-state index contributed by atoms with van der Waals surface area (Å²) in [7, 11) is 2.10. The van der Waals surface area contributed by atoms with Gasteiger partial charge in [-0.05, 0) is 48.2 Å². The molecule has 0 aliphatic carbocycles. The molecule has 2 aromatic rings. The van der Waals surface area contributed by atoms with Gasteiger partial charge in [-0.15, -0.1) is 0 Å². The summed E-state index contributed by atoms with van der Waals surface area (Å²) < 4.78 is 0. The fourth-order valence-corrected chi connectivity index (χ4v) is 2.34. The van der Waals surface area contributed by atoms with Crippen LogP contribution in [0.15, 0.2) is 42.5 Å². The standard InChI is InChI=1S/C17H22N2/c1-4-13-11-16(12-14(5-2)17(13)18)19(3)15-9-7-6-8-10-15/h6-12H,4-5,18H2,1-3H3. The van der Waals surface area contributed by atoms with Crippen molar-refractivity contribution < 1.29 is 0 Å². The lowest BCUT2D eigenvalue weighted by atomic mass is 10.0. The predicted octanol–water partition coefficient (Wildman–Crippen LogP) is 4.16. The Labute approximate surface area is 115 Å². The van der Waals surface area contributed by atoms with E-state index in [9.17, 15) is 0 Å². The molecule has 0 amide bonds. The number of nitrogens with zero attached hydrogens (tertiary/aromatic N) is 1. The van der Waals surface area contributed by atoms with Crippen LogP contribution in [0, 0.1) is 0 Å². The van der Waals surface area contributed by atoms with Crippen molar-refractivity contribution >= 4 is 17.1 Å². The van der Waals surface area contributed by atoms with Gasteiger partial charge in [-0.1, -0.05) is 32.0 Å². The number of hydrogen-bond donors (Lipinski definition) is 1. The lowest BCUT2D eigenvalue weighted by molar-refractivity contribution is 1.08. The minimum absolute atomic E-state index is 0.954. The van der Waals surface area contributed by atoms with E-state index in [1.54, 1.807) is 0 Å². The van der Waals surface area contributed by atoms with Crippen molar-refractivity contribution in [1.29, 1.82) is 0 Å². The number of anilines is 3. The number of nitrogens with two attached hydrogens (primary N) is 1. The third-order valence-corrected chi connectivity index (χ3v) is 3.63. The van der Waals surface area contributed by atoms with Crippen molar-refractivity contribution in [3.05, 3.63) is 53.6 Å². The highest BCUT2D eigenvalue weighted by Gasteiger charge is 2.09. The van der Waals surface area contributed by atoms with Gasteiger partial charge in [-0.3, -0.25) is 0 Å². The maximum atomic E-state index is 6.19. The Morgan fingerprint density at radius 2 is 1.42 bits per heavy atom. The topological polar surface area (TPSA) is 29.3 Å². The van der Waals surface area contributed by atoms with Crippen molar-refractivity contribution in [2.24, 2.45) is 0 Å². The normalized spacial score (nSPS) is 10.5. The van der Waals surface area contributed by atoms with E-state index < -0.39 is 0 Å². The summed E-state index contributed by atoms with van der Waals surface area (Å²) in [6.07, 6.45) is 1.94. The Balaban J connectivity index is 2.45. The van der Waals surface area contributed by atoms with E-state index in [0.717, 1.165) is 18.5 Å². The molecule has 0 aromatic heterocycles. The molecule has 0 heterocycles. The van der Waals surface area contributed by atoms with Gasteiger partial charge >= 0.3 is 0 Å². The van der Waals surface area contributed by atoms with E-state index in [0.29, 0.717) is 0 Å². The van der Waals surface area contributed by atoms with Crippen LogP contribution in [-0.2, 0) is 12.8 Å². The van der Waals surface area contributed by atoms with Crippen LogP contribution in [0.4, 0.5) is 17.1 Å². The van der Waals surface area contributed by atoms with E-state index in [-0.39, 0.29) is 0 Å². The highest BCUT2D eigenvalue weighted by Crippen LogP contribution is 2.30. The van der Waals surface area contributed by atoms with Gasteiger partial charge in [-0.2, -0.15) is 0 Å². The molecule has 0 saturated carbocycles. The molecule has 2 nitrogen and oxygen atoms in total. The molecule has 2 rings (SSSR count). The van der Waals surface area contributed by atoms with Crippen LogP contribution in [-0.4, -0.2) is 7.05 Å². The van der Waals surface area contributed by atoms with Gasteiger partial charge in [0.15, 0.2) is 0 Å². The van der Waals surface area contributed by atoms with Gasteiger partial charge < -0.3 is 10.6 Å². The lowest BCUT2D eigenvalue weighted by Gasteiger charge is -2.22. The van der Waals surface area contributed by atoms with Crippen LogP contribution in [0.3, 0.4) is 0 Å². The molecule has 0 fully saturated rings. The largest absolute Gasteiger partial charge is 0.398 e. The molecule has 0 bridgehead atoms. The maximum Gasteiger partial charge on any atom is 0.0415 e. The highest BCUT2D eigenvalue weighted by atomic mass is 15.1. The van der Waals surface area contributed by atoms with Crippen molar-refractivity contribution in [3.63, 3.8) is 0 Å². The first-order valence-electron chi connectivity index (χ1n) is 6.87. The van der Waals surface area contributed by atoms with E-state index >= 15 is 0 Å². The molecular formula is C17H22N2. The molecule has 100 valence electrons. The van der Waals surface area contributed by atoms with Gasteiger partial charge in [0.05, 0.1) is 0 Å². The molecule has 0 aliphatic rings. The van der Waals surface area contributed by atoms with Crippen molar-refractivity contribution in [2.45, 2.75) is 26.7 Å². The summed E-state index contributed by atoms with van der Waals surface area (Å²) in [5.74, 6) is 0. The molecule has 2 N–H and O–H groups in total. The summed E-state index contributed by atoms with van der Waals surface area (Å²) in [5.41, 5.74) is 12.0. The zero-order valence-electron chi connectivity index (χ0n) is 12.0. The van der Waals surface area contributed by atoms with Crippen molar-refractivity contribution in [3.8, 4) is 0 Å². The first-order valence-corrected chi connectivity index (χ1v) is 6.87. The zero-order chi connectivity index (χ0) is 13.8. The fourth-order valence-electron chi connectivity index (χ4n) is 2.34. The molecule has 0 unspecified atom stereocenters. The first kappa shape index (κ1) is 13.5. The van der Waals surface area contributed by atoms with Gasteiger partial charge in [0, 0.05) is 24.1 Å². The minimum atomic E-state index is 0.954. The third-order valence-electron chi connectivity index (χ3n) is 3.63. The molecule has 2 aromatic carbocycles. The molecular weight excluding hydrogens is 232 g/mol. The molecule has 0 saturated heterocycles. The smallest absolute Gasteiger partial charge is 0.0415 e. The maximum absolute atomic E-state index is 6.19. The second kappa shape index (κ2) is 5.79. The summed E-state index contributed by atoms with van der Waals surface area (Å²) in [6, 6.07) is 14.8. The summed E-state index contributed by atoms with van der Waals surface area (Å²) in [5, 5.41) is 0. The molecule has 0 atom stereocenters. The Morgan fingerprint density at radius 1 is 0.895 bits per heavy atom. The Hall–Kier alpha value is -1.96. The number of para-hydroxylation sites is 1. The number of rotatable bonds is 4. The quantitative estimate of drug-likeness (QED) is 0.830. The monoisotopic (exact) mass is 254 g/mol. The highest BCUT2D eigenvalue weighted by molar-refractivity contribution is 5.69. The second-order valence-corrected chi connectivity index (χ2v) is 4.78. The van der Waals surface area contributed by atoms with E-state index in [4.69, 9.17) is 5.73 Å². The minimum Gasteiger partial charge on any atom is -0.398 e. The van der Waals surface area contributed by atoms with Crippen molar-refractivity contribution in [1.82, 2.24) is 0 Å². The van der Waals surface area contributed by atoms with Crippen LogP contribution < -0.4 is 10.6 Å². The first-order chi connectivity index (χ1) is 9.17. The van der Waals surface area contributed by atoms with Crippen LogP contribution in [0.2, 0.25) is 0 Å². The van der Waals surface area contributed by atoms with E-state index in [1.807, 2.05) is 6.07 Å². The average Bonchev–Trinajstić information content (AvgIpc) is 2.47. The van der Waals surface area contributed by atoms with Gasteiger partial charge in [0.2, 0.25) is 0 Å². The molecule has 2 heteroatoms. The Bertz CT molecular complexity index is 521. The Kier molecular flexibility index (Phi) is 4.10. The van der Waals surface area contributed by atoms with E-state index in [1.165, 1.54) is 22.5 Å².